The van der Waals surface area contributed by atoms with Gasteiger partial charge in [-0.15, -0.1) is 10.2 Å². The van der Waals surface area contributed by atoms with Gasteiger partial charge in [0.15, 0.2) is 11.0 Å². The molecule has 8 heteroatoms. The minimum atomic E-state index is 0.146. The Balaban J connectivity index is 1.10. The predicted octanol–water partition coefficient (Wildman–Crippen LogP) is 3.71. The number of hydrogen-bond acceptors (Lipinski definition) is 6. The number of piperazine rings is 1. The molecule has 34 heavy (non-hydrogen) atoms. The van der Waals surface area contributed by atoms with Crippen LogP contribution in [-0.2, 0) is 31.3 Å². The van der Waals surface area contributed by atoms with Crippen molar-refractivity contribution in [2.45, 2.75) is 37.4 Å². The van der Waals surface area contributed by atoms with Crippen LogP contribution in [0.4, 0.5) is 5.69 Å². The average molecular weight is 478 g/mol. The van der Waals surface area contributed by atoms with Gasteiger partial charge in [0, 0.05) is 38.9 Å². The first-order valence-corrected chi connectivity index (χ1v) is 13.0. The normalized spacial score (nSPS) is 15.8. The Hall–Kier alpha value is -3.00. The standard InChI is InChI=1S/C26H31N5O2S/c1-29-24(18-33-23-12-11-20-7-5-6-8-21(20)17-23)27-28-26(29)34-19-25(32)31-15-13-30(14-16-31)22-9-3-2-4-10-22/h2-4,9-12,17H,5-8,13-16,18-19H2,1H3. The summed E-state index contributed by atoms with van der Waals surface area (Å²) in [6.45, 7) is 3.56. The highest BCUT2D eigenvalue weighted by Crippen LogP contribution is 2.26. The second-order valence-corrected chi connectivity index (χ2v) is 9.82. The molecule has 0 atom stereocenters. The number of aryl methyl sites for hydroxylation is 2. The van der Waals surface area contributed by atoms with Crippen molar-refractivity contribution in [2.75, 3.05) is 36.8 Å². The van der Waals surface area contributed by atoms with Crippen molar-refractivity contribution in [2.24, 2.45) is 7.05 Å². The lowest BCUT2D eigenvalue weighted by Gasteiger charge is -2.36. The fourth-order valence-corrected chi connectivity index (χ4v) is 5.45. The molecule has 0 saturated carbocycles. The van der Waals surface area contributed by atoms with Gasteiger partial charge in [-0.05, 0) is 61.1 Å². The maximum absolute atomic E-state index is 12.8. The summed E-state index contributed by atoms with van der Waals surface area (Å²) in [7, 11) is 1.93. The number of ether oxygens (including phenoxy) is 1. The zero-order chi connectivity index (χ0) is 23.3. The molecule has 3 aromatic rings. The summed E-state index contributed by atoms with van der Waals surface area (Å²) >= 11 is 1.44. The second-order valence-electron chi connectivity index (χ2n) is 8.88. The molecule has 1 fully saturated rings. The zero-order valence-electron chi connectivity index (χ0n) is 19.7. The molecule has 1 amide bonds. The Labute approximate surface area is 205 Å². The highest BCUT2D eigenvalue weighted by atomic mass is 32.2. The van der Waals surface area contributed by atoms with E-state index in [1.807, 2.05) is 28.6 Å². The summed E-state index contributed by atoms with van der Waals surface area (Å²) in [4.78, 5) is 17.0. The molecular formula is C26H31N5O2S. The number of nitrogens with zero attached hydrogens (tertiary/aromatic N) is 5. The molecule has 1 saturated heterocycles. The molecule has 2 aliphatic rings. The van der Waals surface area contributed by atoms with Gasteiger partial charge in [0.05, 0.1) is 5.75 Å². The van der Waals surface area contributed by atoms with E-state index in [9.17, 15) is 4.79 Å². The van der Waals surface area contributed by atoms with Gasteiger partial charge in [-0.25, -0.2) is 0 Å². The summed E-state index contributed by atoms with van der Waals surface area (Å²) in [5.74, 6) is 2.14. The monoisotopic (exact) mass is 477 g/mol. The fraction of sp³-hybridized carbons (Fsp3) is 0.423. The van der Waals surface area contributed by atoms with E-state index in [-0.39, 0.29) is 5.91 Å². The van der Waals surface area contributed by atoms with Crippen LogP contribution in [0.25, 0.3) is 0 Å². The maximum Gasteiger partial charge on any atom is 0.233 e. The van der Waals surface area contributed by atoms with Crippen molar-refractivity contribution < 1.29 is 9.53 Å². The minimum Gasteiger partial charge on any atom is -0.486 e. The smallest absolute Gasteiger partial charge is 0.233 e. The fourth-order valence-electron chi connectivity index (χ4n) is 4.61. The number of thioether (sulfide) groups is 1. The van der Waals surface area contributed by atoms with E-state index in [1.165, 1.54) is 47.8 Å². The topological polar surface area (TPSA) is 63.5 Å². The van der Waals surface area contributed by atoms with Gasteiger partial charge in [0.2, 0.25) is 5.91 Å². The van der Waals surface area contributed by atoms with Gasteiger partial charge in [-0.3, -0.25) is 4.79 Å². The second kappa shape index (κ2) is 10.5. The van der Waals surface area contributed by atoms with Crippen LogP contribution in [0.3, 0.4) is 0 Å². The first-order chi connectivity index (χ1) is 16.7. The highest BCUT2D eigenvalue weighted by Gasteiger charge is 2.22. The van der Waals surface area contributed by atoms with Crippen LogP contribution in [0, 0.1) is 0 Å². The lowest BCUT2D eigenvalue weighted by Crippen LogP contribution is -2.49. The molecular weight excluding hydrogens is 446 g/mol. The molecule has 1 aliphatic heterocycles. The van der Waals surface area contributed by atoms with Gasteiger partial charge >= 0.3 is 0 Å². The molecule has 7 nitrogen and oxygen atoms in total. The summed E-state index contributed by atoms with van der Waals surface area (Å²) in [6.07, 6.45) is 4.83. The SMILES string of the molecule is Cn1c(COc2ccc3c(c2)CCCC3)nnc1SCC(=O)N1CCN(c2ccccc2)CC1. The highest BCUT2D eigenvalue weighted by molar-refractivity contribution is 7.99. The number of carbonyl (C=O) groups is 1. The van der Waals surface area contributed by atoms with Crippen molar-refractivity contribution in [3.05, 3.63) is 65.5 Å². The van der Waals surface area contributed by atoms with Crippen molar-refractivity contribution >= 4 is 23.4 Å². The largest absolute Gasteiger partial charge is 0.486 e. The van der Waals surface area contributed by atoms with Crippen LogP contribution in [0.1, 0.15) is 29.8 Å². The van der Waals surface area contributed by atoms with E-state index >= 15 is 0 Å². The van der Waals surface area contributed by atoms with Gasteiger partial charge in [0.25, 0.3) is 0 Å². The quantitative estimate of drug-likeness (QED) is 0.484. The third-order valence-electron chi connectivity index (χ3n) is 6.69. The Bertz CT molecular complexity index is 1130. The molecule has 0 radical (unpaired) electrons. The molecule has 0 N–H and O–H groups in total. The van der Waals surface area contributed by atoms with Crippen LogP contribution < -0.4 is 9.64 Å². The van der Waals surface area contributed by atoms with Crippen LogP contribution in [0.15, 0.2) is 53.7 Å². The van der Waals surface area contributed by atoms with E-state index in [1.54, 1.807) is 0 Å². The Morgan fingerprint density at radius 1 is 0.971 bits per heavy atom. The molecule has 1 aliphatic carbocycles. The van der Waals surface area contributed by atoms with Gasteiger partial charge < -0.3 is 19.1 Å². The number of para-hydroxylation sites is 1. The number of rotatable bonds is 7. The van der Waals surface area contributed by atoms with Gasteiger partial charge in [0.1, 0.15) is 12.4 Å². The van der Waals surface area contributed by atoms with E-state index in [4.69, 9.17) is 4.74 Å². The third-order valence-corrected chi connectivity index (χ3v) is 7.70. The van der Waals surface area contributed by atoms with Crippen molar-refractivity contribution in [1.29, 1.82) is 0 Å². The van der Waals surface area contributed by atoms with Crippen LogP contribution >= 0.6 is 11.8 Å². The Morgan fingerprint density at radius 2 is 1.74 bits per heavy atom. The first-order valence-electron chi connectivity index (χ1n) is 12.0. The molecule has 2 aromatic carbocycles. The number of benzene rings is 2. The van der Waals surface area contributed by atoms with Crippen molar-refractivity contribution in [1.82, 2.24) is 19.7 Å². The molecule has 0 spiro atoms. The predicted molar refractivity (Wildman–Crippen MR) is 134 cm³/mol. The molecule has 2 heterocycles. The Kier molecular flexibility index (Phi) is 7.04. The van der Waals surface area contributed by atoms with Crippen molar-refractivity contribution in [3.63, 3.8) is 0 Å². The number of fused-ring (bicyclic) bond motifs is 1. The minimum absolute atomic E-state index is 0.146. The van der Waals surface area contributed by atoms with E-state index in [2.05, 4.69) is 51.5 Å². The number of anilines is 1. The summed E-state index contributed by atoms with van der Waals surface area (Å²) in [5.41, 5.74) is 4.07. The van der Waals surface area contributed by atoms with E-state index in [0.29, 0.717) is 12.4 Å². The van der Waals surface area contributed by atoms with Gasteiger partial charge in [-0.1, -0.05) is 36.0 Å². The van der Waals surface area contributed by atoms with E-state index in [0.717, 1.165) is 49.3 Å². The average Bonchev–Trinajstić information content (AvgIpc) is 3.25. The number of carbonyl (C=O) groups excluding carboxylic acids is 1. The lowest BCUT2D eigenvalue weighted by atomic mass is 9.92. The van der Waals surface area contributed by atoms with Gasteiger partial charge in [-0.2, -0.15) is 0 Å². The van der Waals surface area contributed by atoms with Crippen LogP contribution in [0.5, 0.6) is 5.75 Å². The lowest BCUT2D eigenvalue weighted by molar-refractivity contribution is -0.128. The van der Waals surface area contributed by atoms with E-state index < -0.39 is 0 Å². The van der Waals surface area contributed by atoms with Crippen molar-refractivity contribution in [3.8, 4) is 5.75 Å². The molecule has 178 valence electrons. The van der Waals surface area contributed by atoms with Crippen LogP contribution in [0.2, 0.25) is 0 Å². The molecule has 5 rings (SSSR count). The summed E-state index contributed by atoms with van der Waals surface area (Å²) in [6, 6.07) is 16.8. The molecule has 0 unspecified atom stereocenters. The summed E-state index contributed by atoms with van der Waals surface area (Å²) < 4.78 is 7.93. The summed E-state index contributed by atoms with van der Waals surface area (Å²) in [5, 5.41) is 9.31. The maximum atomic E-state index is 12.8. The molecule has 0 bridgehead atoms. The molecule has 1 aromatic heterocycles. The Morgan fingerprint density at radius 3 is 2.53 bits per heavy atom. The zero-order valence-corrected chi connectivity index (χ0v) is 20.5. The first kappa shape index (κ1) is 22.8. The number of aromatic nitrogens is 3. The number of amides is 1. The number of hydrogen-bond donors (Lipinski definition) is 0. The van der Waals surface area contributed by atoms with Crippen LogP contribution in [-0.4, -0.2) is 57.5 Å². The third kappa shape index (κ3) is 5.22.